The van der Waals surface area contributed by atoms with Crippen LogP contribution in [0.4, 0.5) is 0 Å². The largest absolute Gasteiger partial charge is 0.379 e. The number of ether oxygens (including phenoxy) is 1. The Morgan fingerprint density at radius 1 is 0.938 bits per heavy atom. The Labute approximate surface area is 193 Å². The maximum atomic E-state index is 13.2. The third kappa shape index (κ3) is 4.72. The molecule has 0 N–H and O–H groups in total. The molecule has 0 unspecified atom stereocenters. The molecule has 0 amide bonds. The molecule has 0 aliphatic carbocycles. The van der Waals surface area contributed by atoms with Crippen LogP contribution in [0.3, 0.4) is 0 Å². The van der Waals surface area contributed by atoms with E-state index in [4.69, 9.17) is 4.74 Å². The highest BCUT2D eigenvalue weighted by Gasteiger charge is 2.31. The summed E-state index contributed by atoms with van der Waals surface area (Å²) in [4.78, 5) is 2.70. The Morgan fingerprint density at radius 3 is 2.41 bits per heavy atom. The van der Waals surface area contributed by atoms with Gasteiger partial charge in [0.1, 0.15) is 15.9 Å². The quantitative estimate of drug-likeness (QED) is 0.549. The number of aromatic nitrogens is 2. The number of sulfonamides is 1. The van der Waals surface area contributed by atoms with E-state index in [2.05, 4.69) is 37.9 Å². The second kappa shape index (κ2) is 9.52. The van der Waals surface area contributed by atoms with Gasteiger partial charge in [-0.1, -0.05) is 30.3 Å². The van der Waals surface area contributed by atoms with Crippen molar-refractivity contribution in [3.8, 4) is 0 Å². The molecule has 2 aliphatic rings. The highest BCUT2D eigenvalue weighted by atomic mass is 32.2. The molecule has 9 heteroatoms. The van der Waals surface area contributed by atoms with E-state index >= 15 is 0 Å². The summed E-state index contributed by atoms with van der Waals surface area (Å²) >= 11 is 1.05. The van der Waals surface area contributed by atoms with Gasteiger partial charge < -0.3 is 4.74 Å². The normalized spacial score (nSPS) is 19.5. The molecule has 2 saturated heterocycles. The lowest BCUT2D eigenvalue weighted by Gasteiger charge is -2.31. The molecular weight excluding hydrogens is 444 g/mol. The van der Waals surface area contributed by atoms with E-state index in [1.165, 1.54) is 11.1 Å². The Balaban J connectivity index is 1.17. The summed E-state index contributed by atoms with van der Waals surface area (Å²) in [6.07, 6.45) is 2.75. The summed E-state index contributed by atoms with van der Waals surface area (Å²) in [5.41, 5.74) is 3.79. The van der Waals surface area contributed by atoms with E-state index in [0.717, 1.165) is 63.8 Å². The topological polar surface area (TPSA) is 75.6 Å². The van der Waals surface area contributed by atoms with Crippen LogP contribution in [0.2, 0.25) is 0 Å². The summed E-state index contributed by atoms with van der Waals surface area (Å²) in [5.74, 6) is 0.503. The van der Waals surface area contributed by atoms with Crippen LogP contribution in [0.25, 0.3) is 11.0 Å². The van der Waals surface area contributed by atoms with Crippen LogP contribution in [-0.4, -0.2) is 65.8 Å². The minimum Gasteiger partial charge on any atom is -0.379 e. The molecule has 0 saturated carbocycles. The Hall–Kier alpha value is -1.91. The van der Waals surface area contributed by atoms with E-state index in [0.29, 0.717) is 30.0 Å². The minimum absolute atomic E-state index is 0.276. The average molecular weight is 473 g/mol. The van der Waals surface area contributed by atoms with Gasteiger partial charge in [0.25, 0.3) is 0 Å². The van der Waals surface area contributed by atoms with Crippen LogP contribution in [0.15, 0.2) is 47.4 Å². The summed E-state index contributed by atoms with van der Waals surface area (Å²) < 4.78 is 41.9. The molecule has 1 aromatic heterocycles. The molecule has 32 heavy (non-hydrogen) atoms. The third-order valence-corrected chi connectivity index (χ3v) is 8.97. The van der Waals surface area contributed by atoms with Crippen molar-refractivity contribution in [1.29, 1.82) is 0 Å². The Bertz CT molecular complexity index is 1150. The number of morpholine rings is 1. The molecule has 2 fully saturated rings. The first kappa shape index (κ1) is 21.9. The van der Waals surface area contributed by atoms with E-state index in [9.17, 15) is 8.42 Å². The molecule has 5 rings (SSSR count). The van der Waals surface area contributed by atoms with Gasteiger partial charge in [0.15, 0.2) is 0 Å². The summed E-state index contributed by atoms with van der Waals surface area (Å²) in [5, 5.41) is 0. The number of fused-ring (bicyclic) bond motifs is 1. The second-order valence-electron chi connectivity index (χ2n) is 8.64. The molecule has 3 heterocycles. The van der Waals surface area contributed by atoms with E-state index in [1.807, 2.05) is 0 Å². The number of piperidine rings is 1. The smallest absolute Gasteiger partial charge is 0.245 e. The monoisotopic (exact) mass is 472 g/mol. The van der Waals surface area contributed by atoms with Crippen molar-refractivity contribution >= 4 is 32.8 Å². The lowest BCUT2D eigenvalue weighted by molar-refractivity contribution is 0.0342. The zero-order chi connectivity index (χ0) is 22.0. The molecule has 0 atom stereocenters. The Kier molecular flexibility index (Phi) is 6.52. The fourth-order valence-corrected chi connectivity index (χ4v) is 6.84. The average Bonchev–Trinajstić information content (AvgIpc) is 3.30. The molecule has 3 aromatic rings. The summed E-state index contributed by atoms with van der Waals surface area (Å²) in [6, 6.07) is 14.1. The van der Waals surface area contributed by atoms with Gasteiger partial charge >= 0.3 is 0 Å². The molecule has 0 bridgehead atoms. The first-order valence-corrected chi connectivity index (χ1v) is 13.4. The zero-order valence-corrected chi connectivity index (χ0v) is 19.7. The van der Waals surface area contributed by atoms with Crippen LogP contribution >= 0.6 is 11.7 Å². The number of benzene rings is 2. The van der Waals surface area contributed by atoms with Gasteiger partial charge in [0, 0.05) is 32.7 Å². The van der Waals surface area contributed by atoms with Gasteiger partial charge in [-0.3, -0.25) is 4.90 Å². The fourth-order valence-electron chi connectivity index (χ4n) is 4.61. The molecule has 2 aliphatic heterocycles. The van der Waals surface area contributed by atoms with Crippen molar-refractivity contribution in [2.24, 2.45) is 5.92 Å². The second-order valence-corrected chi connectivity index (χ2v) is 11.1. The van der Waals surface area contributed by atoms with E-state index < -0.39 is 10.0 Å². The van der Waals surface area contributed by atoms with E-state index in [1.54, 1.807) is 22.5 Å². The van der Waals surface area contributed by atoms with Crippen LogP contribution in [-0.2, 0) is 27.7 Å². The lowest BCUT2D eigenvalue weighted by Crippen LogP contribution is -2.39. The van der Waals surface area contributed by atoms with Gasteiger partial charge in [0.2, 0.25) is 10.0 Å². The van der Waals surface area contributed by atoms with Gasteiger partial charge in [-0.15, -0.1) is 0 Å². The third-order valence-electron chi connectivity index (χ3n) is 6.50. The minimum atomic E-state index is -3.55. The zero-order valence-electron chi connectivity index (χ0n) is 18.0. The highest BCUT2D eigenvalue weighted by Crippen LogP contribution is 2.29. The first-order chi connectivity index (χ1) is 15.6. The van der Waals surface area contributed by atoms with Crippen molar-refractivity contribution < 1.29 is 13.2 Å². The van der Waals surface area contributed by atoms with Crippen molar-refractivity contribution in [1.82, 2.24) is 18.0 Å². The maximum Gasteiger partial charge on any atom is 0.245 e. The maximum absolute atomic E-state index is 13.2. The van der Waals surface area contributed by atoms with E-state index in [-0.39, 0.29) is 4.90 Å². The molecule has 170 valence electrons. The molecule has 2 aromatic carbocycles. The fraction of sp³-hybridized carbons (Fsp3) is 0.478. The van der Waals surface area contributed by atoms with Crippen LogP contribution in [0, 0.1) is 5.92 Å². The first-order valence-electron chi connectivity index (χ1n) is 11.2. The summed E-state index contributed by atoms with van der Waals surface area (Å²) in [6.45, 7) is 5.71. The van der Waals surface area contributed by atoms with Crippen molar-refractivity contribution in [3.05, 3.63) is 53.6 Å². The van der Waals surface area contributed by atoms with Crippen molar-refractivity contribution in [3.63, 3.8) is 0 Å². The molecule has 0 radical (unpaired) electrons. The molecule has 7 nitrogen and oxygen atoms in total. The van der Waals surface area contributed by atoms with Crippen LogP contribution in [0.1, 0.15) is 24.0 Å². The lowest BCUT2D eigenvalue weighted by atomic mass is 9.91. The van der Waals surface area contributed by atoms with Crippen molar-refractivity contribution in [2.45, 2.75) is 30.7 Å². The predicted molar refractivity (Wildman–Crippen MR) is 125 cm³/mol. The van der Waals surface area contributed by atoms with Crippen LogP contribution < -0.4 is 0 Å². The molecule has 0 spiro atoms. The standard InChI is InChI=1S/C23H28N4O3S2/c28-32(29,22-3-1-2-21-23(22)25-31-24-21)27-10-8-19(9-11-27)16-18-4-6-20(7-5-18)17-26-12-14-30-15-13-26/h1-7,19H,8-17H2. The van der Waals surface area contributed by atoms with Gasteiger partial charge in [-0.25, -0.2) is 8.42 Å². The predicted octanol–water partition coefficient (Wildman–Crippen LogP) is 3.17. The number of rotatable bonds is 6. The van der Waals surface area contributed by atoms with Crippen LogP contribution in [0.5, 0.6) is 0 Å². The van der Waals surface area contributed by atoms with Gasteiger partial charge in [0.05, 0.1) is 24.9 Å². The van der Waals surface area contributed by atoms with Crippen molar-refractivity contribution in [2.75, 3.05) is 39.4 Å². The number of hydrogen-bond donors (Lipinski definition) is 0. The van der Waals surface area contributed by atoms with Gasteiger partial charge in [-0.2, -0.15) is 13.1 Å². The number of nitrogens with zero attached hydrogens (tertiary/aromatic N) is 4. The van der Waals surface area contributed by atoms with Gasteiger partial charge in [-0.05, 0) is 48.4 Å². The highest BCUT2D eigenvalue weighted by molar-refractivity contribution is 7.89. The SMILES string of the molecule is O=S(=O)(c1cccc2nsnc12)N1CCC(Cc2ccc(CN3CCOCC3)cc2)CC1. The molecular formula is C23H28N4O3S2. The Morgan fingerprint density at radius 2 is 1.66 bits per heavy atom. The number of hydrogen-bond acceptors (Lipinski definition) is 7. The summed E-state index contributed by atoms with van der Waals surface area (Å²) in [7, 11) is -3.55.